The fourth-order valence-corrected chi connectivity index (χ4v) is 4.80. The molecule has 1 aromatic heterocycles. The van der Waals surface area contributed by atoms with Gasteiger partial charge < -0.3 is 14.8 Å². The largest absolute Gasteiger partial charge is 0.497 e. The Morgan fingerprint density at radius 3 is 2.77 bits per heavy atom. The Hall–Kier alpha value is -3.12. The van der Waals surface area contributed by atoms with E-state index in [1.807, 2.05) is 55.5 Å². The first-order valence-electron chi connectivity index (χ1n) is 10.0. The number of benzene rings is 2. The maximum Gasteiger partial charge on any atom is 0.259 e. The number of ether oxygens (including phenoxy) is 2. The highest BCUT2D eigenvalue weighted by Gasteiger charge is 2.26. The van der Waals surface area contributed by atoms with Gasteiger partial charge in [0.05, 0.1) is 19.3 Å². The molecule has 0 bridgehead atoms. The summed E-state index contributed by atoms with van der Waals surface area (Å²) in [5.74, 6) is 1.45. The standard InChI is InChI=1S/C24H24N2O3S/c1-3-29-18-12-10-17(11-13-18)26-23(27)22-20-8-5-9-21(20)30-24(22)25-15-16-6-4-7-19(14-16)28-2/h4,6-7,10-15H,3,5,8-9H2,1-2H3,(H,26,27). The monoisotopic (exact) mass is 420 g/mol. The van der Waals surface area contributed by atoms with Crippen LogP contribution in [-0.2, 0) is 12.8 Å². The molecule has 0 atom stereocenters. The Balaban J connectivity index is 1.59. The Morgan fingerprint density at radius 1 is 1.17 bits per heavy atom. The molecule has 1 aliphatic rings. The maximum atomic E-state index is 13.1. The van der Waals surface area contributed by atoms with Crippen LogP contribution < -0.4 is 14.8 Å². The molecule has 5 nitrogen and oxygen atoms in total. The molecule has 154 valence electrons. The molecule has 2 aromatic carbocycles. The molecule has 0 radical (unpaired) electrons. The SMILES string of the molecule is CCOc1ccc(NC(=O)c2c(N=Cc3cccc(OC)c3)sc3c2CCC3)cc1. The third kappa shape index (κ3) is 4.39. The van der Waals surface area contributed by atoms with E-state index in [0.717, 1.165) is 52.6 Å². The lowest BCUT2D eigenvalue weighted by Crippen LogP contribution is -2.13. The molecule has 30 heavy (non-hydrogen) atoms. The average molecular weight is 421 g/mol. The first-order valence-corrected chi connectivity index (χ1v) is 10.9. The van der Waals surface area contributed by atoms with E-state index >= 15 is 0 Å². The Bertz CT molecular complexity index is 1070. The number of fused-ring (bicyclic) bond motifs is 1. The van der Waals surface area contributed by atoms with Gasteiger partial charge in [0.15, 0.2) is 0 Å². The third-order valence-electron chi connectivity index (χ3n) is 4.98. The number of carbonyl (C=O) groups is 1. The van der Waals surface area contributed by atoms with Gasteiger partial charge in [-0.2, -0.15) is 0 Å². The number of hydrogen-bond acceptors (Lipinski definition) is 5. The summed E-state index contributed by atoms with van der Waals surface area (Å²) in [5, 5.41) is 3.77. The van der Waals surface area contributed by atoms with Crippen molar-refractivity contribution < 1.29 is 14.3 Å². The van der Waals surface area contributed by atoms with Crippen molar-refractivity contribution in [3.05, 3.63) is 70.1 Å². The van der Waals surface area contributed by atoms with Gasteiger partial charge in [0.1, 0.15) is 16.5 Å². The quantitative estimate of drug-likeness (QED) is 0.503. The van der Waals surface area contributed by atoms with E-state index in [9.17, 15) is 4.79 Å². The van der Waals surface area contributed by atoms with Crippen LogP contribution in [0.5, 0.6) is 11.5 Å². The summed E-state index contributed by atoms with van der Waals surface area (Å²) in [6.07, 6.45) is 4.81. The molecule has 0 saturated heterocycles. The van der Waals surface area contributed by atoms with Crippen LogP contribution in [0.25, 0.3) is 0 Å². The topological polar surface area (TPSA) is 59.9 Å². The van der Waals surface area contributed by atoms with Crippen LogP contribution in [-0.4, -0.2) is 25.8 Å². The number of aryl methyl sites for hydroxylation is 1. The zero-order valence-electron chi connectivity index (χ0n) is 17.1. The fourth-order valence-electron chi connectivity index (χ4n) is 3.56. The van der Waals surface area contributed by atoms with E-state index < -0.39 is 0 Å². The minimum Gasteiger partial charge on any atom is -0.497 e. The second-order valence-electron chi connectivity index (χ2n) is 6.98. The van der Waals surface area contributed by atoms with Crippen molar-refractivity contribution in [1.82, 2.24) is 0 Å². The number of rotatable bonds is 7. The predicted molar refractivity (Wildman–Crippen MR) is 122 cm³/mol. The molecule has 0 unspecified atom stereocenters. The second-order valence-corrected chi connectivity index (χ2v) is 8.07. The highest BCUT2D eigenvalue weighted by Crippen LogP contribution is 2.41. The van der Waals surface area contributed by atoms with Crippen molar-refractivity contribution in [2.24, 2.45) is 4.99 Å². The van der Waals surface area contributed by atoms with Gasteiger partial charge in [-0.05, 0) is 73.7 Å². The van der Waals surface area contributed by atoms with Crippen LogP contribution in [0.4, 0.5) is 10.7 Å². The summed E-state index contributed by atoms with van der Waals surface area (Å²) in [4.78, 5) is 19.1. The van der Waals surface area contributed by atoms with Gasteiger partial charge in [0.25, 0.3) is 5.91 Å². The van der Waals surface area contributed by atoms with Gasteiger partial charge in [0, 0.05) is 16.8 Å². The summed E-state index contributed by atoms with van der Waals surface area (Å²) in [7, 11) is 1.64. The van der Waals surface area contributed by atoms with E-state index in [1.54, 1.807) is 24.7 Å². The van der Waals surface area contributed by atoms with Gasteiger partial charge in [0.2, 0.25) is 0 Å². The number of anilines is 1. The Labute approximate surface area is 180 Å². The van der Waals surface area contributed by atoms with E-state index in [2.05, 4.69) is 10.3 Å². The van der Waals surface area contributed by atoms with Gasteiger partial charge in [-0.1, -0.05) is 12.1 Å². The average Bonchev–Trinajstić information content (AvgIpc) is 3.35. The van der Waals surface area contributed by atoms with Crippen molar-refractivity contribution in [2.75, 3.05) is 19.0 Å². The summed E-state index contributed by atoms with van der Waals surface area (Å²) < 4.78 is 10.7. The van der Waals surface area contributed by atoms with Crippen molar-refractivity contribution in [1.29, 1.82) is 0 Å². The summed E-state index contributed by atoms with van der Waals surface area (Å²) >= 11 is 1.62. The van der Waals surface area contributed by atoms with Gasteiger partial charge in [-0.25, -0.2) is 4.99 Å². The maximum absolute atomic E-state index is 13.1. The summed E-state index contributed by atoms with van der Waals surface area (Å²) in [6.45, 7) is 2.56. The van der Waals surface area contributed by atoms with Crippen LogP contribution in [0.1, 0.15) is 39.7 Å². The second kappa shape index (κ2) is 9.13. The summed E-state index contributed by atoms with van der Waals surface area (Å²) in [6, 6.07) is 15.1. The number of thiophene rings is 1. The van der Waals surface area contributed by atoms with Crippen molar-refractivity contribution in [3.63, 3.8) is 0 Å². The van der Waals surface area contributed by atoms with Crippen LogP contribution in [0.3, 0.4) is 0 Å². The van der Waals surface area contributed by atoms with Crippen LogP contribution in [0.15, 0.2) is 53.5 Å². The zero-order valence-corrected chi connectivity index (χ0v) is 17.9. The predicted octanol–water partition coefficient (Wildman–Crippen LogP) is 5.65. The van der Waals surface area contributed by atoms with E-state index in [-0.39, 0.29) is 5.91 Å². The molecule has 1 heterocycles. The van der Waals surface area contributed by atoms with Crippen molar-refractivity contribution >= 4 is 34.1 Å². The number of carbonyl (C=O) groups excluding carboxylic acids is 1. The highest BCUT2D eigenvalue weighted by atomic mass is 32.1. The van der Waals surface area contributed by atoms with E-state index in [0.29, 0.717) is 12.2 Å². The number of methoxy groups -OCH3 is 1. The Morgan fingerprint density at radius 2 is 2.00 bits per heavy atom. The van der Waals surface area contributed by atoms with Crippen molar-refractivity contribution in [3.8, 4) is 11.5 Å². The molecule has 0 aliphatic heterocycles. The fraction of sp³-hybridized carbons (Fsp3) is 0.250. The molecule has 0 saturated carbocycles. The highest BCUT2D eigenvalue weighted by molar-refractivity contribution is 7.16. The number of hydrogen-bond donors (Lipinski definition) is 1. The molecule has 3 aromatic rings. The third-order valence-corrected chi connectivity index (χ3v) is 6.18. The van der Waals surface area contributed by atoms with E-state index in [1.165, 1.54) is 4.88 Å². The van der Waals surface area contributed by atoms with Gasteiger partial charge in [-0.3, -0.25) is 4.79 Å². The molecule has 1 aliphatic carbocycles. The molecule has 1 amide bonds. The van der Waals surface area contributed by atoms with Crippen molar-refractivity contribution in [2.45, 2.75) is 26.2 Å². The molecule has 0 spiro atoms. The number of amides is 1. The number of aliphatic imine (C=N–C) groups is 1. The minimum absolute atomic E-state index is 0.114. The molecule has 0 fully saturated rings. The molecular weight excluding hydrogens is 396 g/mol. The number of nitrogens with one attached hydrogen (secondary N) is 1. The molecular formula is C24H24N2O3S. The minimum atomic E-state index is -0.114. The molecule has 6 heteroatoms. The van der Waals surface area contributed by atoms with Crippen LogP contribution in [0, 0.1) is 0 Å². The van der Waals surface area contributed by atoms with Gasteiger partial charge >= 0.3 is 0 Å². The first-order chi connectivity index (χ1) is 14.7. The first kappa shape index (κ1) is 20.2. The lowest BCUT2D eigenvalue weighted by atomic mass is 10.1. The summed E-state index contributed by atoms with van der Waals surface area (Å²) in [5.41, 5.74) is 3.51. The van der Waals surface area contributed by atoms with E-state index in [4.69, 9.17) is 9.47 Å². The normalized spacial score (nSPS) is 12.7. The molecule has 4 rings (SSSR count). The van der Waals surface area contributed by atoms with Crippen LogP contribution in [0.2, 0.25) is 0 Å². The molecule has 1 N–H and O–H groups in total. The number of nitrogens with zero attached hydrogens (tertiary/aromatic N) is 1. The smallest absolute Gasteiger partial charge is 0.259 e. The van der Waals surface area contributed by atoms with Crippen LogP contribution >= 0.6 is 11.3 Å². The lowest BCUT2D eigenvalue weighted by Gasteiger charge is -2.08. The Kier molecular flexibility index (Phi) is 6.14. The zero-order chi connectivity index (χ0) is 20.9. The lowest BCUT2D eigenvalue weighted by molar-refractivity contribution is 0.102. The van der Waals surface area contributed by atoms with Gasteiger partial charge in [-0.15, -0.1) is 11.3 Å².